The summed E-state index contributed by atoms with van der Waals surface area (Å²) >= 11 is 0. The molecule has 0 radical (unpaired) electrons. The van der Waals surface area contributed by atoms with Crippen LogP contribution < -0.4 is 5.32 Å². The van der Waals surface area contributed by atoms with Crippen LogP contribution in [-0.2, 0) is 4.74 Å². The maximum absolute atomic E-state index is 9.62. The van der Waals surface area contributed by atoms with Crippen LogP contribution in [0.3, 0.4) is 0 Å². The molecule has 0 spiro atoms. The predicted molar refractivity (Wildman–Crippen MR) is 56.4 cm³/mol. The van der Waals surface area contributed by atoms with E-state index in [1.54, 1.807) is 7.11 Å². The third-order valence-corrected chi connectivity index (χ3v) is 2.76. The van der Waals surface area contributed by atoms with E-state index in [4.69, 9.17) is 4.74 Å². The molecule has 1 saturated heterocycles. The second-order valence-corrected chi connectivity index (χ2v) is 3.84. The summed E-state index contributed by atoms with van der Waals surface area (Å²) < 4.78 is 4.92. The highest BCUT2D eigenvalue weighted by atomic mass is 16.5. The van der Waals surface area contributed by atoms with Gasteiger partial charge in [-0.1, -0.05) is 6.92 Å². The second-order valence-electron chi connectivity index (χ2n) is 3.84. The zero-order chi connectivity index (χ0) is 10.4. The Hall–Kier alpha value is -0.160. The number of methoxy groups -OCH3 is 1. The molecule has 0 amide bonds. The van der Waals surface area contributed by atoms with Crippen LogP contribution in [0.5, 0.6) is 0 Å². The van der Waals surface area contributed by atoms with Crippen LogP contribution in [0.15, 0.2) is 0 Å². The molecule has 0 aromatic heterocycles. The lowest BCUT2D eigenvalue weighted by Gasteiger charge is -2.28. The molecule has 0 aliphatic carbocycles. The van der Waals surface area contributed by atoms with E-state index in [-0.39, 0.29) is 6.10 Å². The SMILES string of the molecule is CCN(CC(O)COC)C1CCNC1. The molecule has 84 valence electrons. The van der Waals surface area contributed by atoms with E-state index in [0.29, 0.717) is 12.6 Å². The van der Waals surface area contributed by atoms with E-state index in [9.17, 15) is 5.11 Å². The molecule has 1 heterocycles. The summed E-state index contributed by atoms with van der Waals surface area (Å²) in [6.07, 6.45) is 0.827. The Kier molecular flexibility index (Phi) is 5.40. The lowest BCUT2D eigenvalue weighted by atomic mass is 10.2. The molecule has 0 bridgehead atoms. The first-order valence-corrected chi connectivity index (χ1v) is 5.39. The van der Waals surface area contributed by atoms with Gasteiger partial charge in [0.1, 0.15) is 0 Å². The Morgan fingerprint density at radius 1 is 1.64 bits per heavy atom. The largest absolute Gasteiger partial charge is 0.389 e. The molecule has 4 nitrogen and oxygen atoms in total. The Bertz CT molecular complexity index is 149. The first-order chi connectivity index (χ1) is 6.77. The molecule has 1 aliphatic heterocycles. The summed E-state index contributed by atoms with van der Waals surface area (Å²) in [4.78, 5) is 2.32. The van der Waals surface area contributed by atoms with Gasteiger partial charge in [-0.15, -0.1) is 0 Å². The molecular formula is C10H22N2O2. The molecule has 4 heteroatoms. The Labute approximate surface area is 86.2 Å². The normalized spacial score (nSPS) is 24.4. The molecule has 2 atom stereocenters. The number of likely N-dealkylation sites (N-methyl/N-ethyl adjacent to an activating group) is 1. The van der Waals surface area contributed by atoms with Gasteiger partial charge in [0, 0.05) is 26.2 Å². The fraction of sp³-hybridized carbons (Fsp3) is 1.00. The van der Waals surface area contributed by atoms with E-state index in [1.165, 1.54) is 6.42 Å². The summed E-state index contributed by atoms with van der Waals surface area (Å²) in [7, 11) is 1.62. The lowest BCUT2D eigenvalue weighted by Crippen LogP contribution is -2.42. The van der Waals surface area contributed by atoms with Crippen molar-refractivity contribution in [2.24, 2.45) is 0 Å². The van der Waals surface area contributed by atoms with Crippen LogP contribution in [0.4, 0.5) is 0 Å². The molecule has 14 heavy (non-hydrogen) atoms. The maximum atomic E-state index is 9.62. The van der Waals surface area contributed by atoms with Crippen LogP contribution in [0.25, 0.3) is 0 Å². The molecular weight excluding hydrogens is 180 g/mol. The van der Waals surface area contributed by atoms with Crippen molar-refractivity contribution in [3.8, 4) is 0 Å². The molecule has 0 saturated carbocycles. The molecule has 0 aromatic rings. The number of ether oxygens (including phenoxy) is 1. The van der Waals surface area contributed by atoms with Gasteiger partial charge in [-0.05, 0) is 19.5 Å². The van der Waals surface area contributed by atoms with Gasteiger partial charge in [0.05, 0.1) is 12.7 Å². The van der Waals surface area contributed by atoms with Crippen molar-refractivity contribution in [1.29, 1.82) is 0 Å². The third kappa shape index (κ3) is 3.53. The van der Waals surface area contributed by atoms with Gasteiger partial charge in [-0.3, -0.25) is 4.90 Å². The van der Waals surface area contributed by atoms with Crippen molar-refractivity contribution >= 4 is 0 Å². The number of aliphatic hydroxyl groups excluding tert-OH is 1. The number of rotatable bonds is 6. The Balaban J connectivity index is 2.29. The van der Waals surface area contributed by atoms with Crippen molar-refractivity contribution in [1.82, 2.24) is 10.2 Å². The highest BCUT2D eigenvalue weighted by Gasteiger charge is 2.22. The molecule has 1 rings (SSSR count). The fourth-order valence-electron chi connectivity index (χ4n) is 2.00. The lowest BCUT2D eigenvalue weighted by molar-refractivity contribution is 0.0301. The topological polar surface area (TPSA) is 44.7 Å². The number of aliphatic hydroxyl groups is 1. The average molecular weight is 202 g/mol. The van der Waals surface area contributed by atoms with Crippen LogP contribution in [0.2, 0.25) is 0 Å². The summed E-state index contributed by atoms with van der Waals surface area (Å²) in [6, 6.07) is 0.589. The van der Waals surface area contributed by atoms with Gasteiger partial charge < -0.3 is 15.2 Å². The summed E-state index contributed by atoms with van der Waals surface area (Å²) in [5, 5.41) is 13.0. The van der Waals surface area contributed by atoms with Crippen LogP contribution in [0, 0.1) is 0 Å². The Morgan fingerprint density at radius 2 is 2.43 bits per heavy atom. The highest BCUT2D eigenvalue weighted by Crippen LogP contribution is 2.08. The van der Waals surface area contributed by atoms with Crippen LogP contribution in [-0.4, -0.2) is 62.0 Å². The first-order valence-electron chi connectivity index (χ1n) is 5.39. The van der Waals surface area contributed by atoms with Crippen LogP contribution >= 0.6 is 0 Å². The second kappa shape index (κ2) is 6.35. The first kappa shape index (κ1) is 11.9. The average Bonchev–Trinajstić information content (AvgIpc) is 2.67. The van der Waals surface area contributed by atoms with Gasteiger partial charge >= 0.3 is 0 Å². The Morgan fingerprint density at radius 3 is 2.93 bits per heavy atom. The van der Waals surface area contributed by atoms with Gasteiger partial charge in [0.15, 0.2) is 0 Å². The van der Waals surface area contributed by atoms with Crippen molar-refractivity contribution in [3.05, 3.63) is 0 Å². The molecule has 1 aliphatic rings. The predicted octanol–water partition coefficient (Wildman–Crippen LogP) is -0.322. The van der Waals surface area contributed by atoms with Gasteiger partial charge in [0.25, 0.3) is 0 Å². The van der Waals surface area contributed by atoms with E-state index < -0.39 is 0 Å². The number of hydrogen-bond donors (Lipinski definition) is 2. The van der Waals surface area contributed by atoms with E-state index in [0.717, 1.165) is 26.2 Å². The fourth-order valence-corrected chi connectivity index (χ4v) is 2.00. The summed E-state index contributed by atoms with van der Waals surface area (Å²) in [6.45, 7) is 6.42. The van der Waals surface area contributed by atoms with E-state index in [2.05, 4.69) is 17.1 Å². The monoisotopic (exact) mass is 202 g/mol. The minimum atomic E-state index is -0.361. The van der Waals surface area contributed by atoms with Crippen molar-refractivity contribution < 1.29 is 9.84 Å². The van der Waals surface area contributed by atoms with Gasteiger partial charge in [0.2, 0.25) is 0 Å². The third-order valence-electron chi connectivity index (χ3n) is 2.76. The minimum absolute atomic E-state index is 0.361. The summed E-state index contributed by atoms with van der Waals surface area (Å²) in [5.41, 5.74) is 0. The molecule has 2 unspecified atom stereocenters. The zero-order valence-electron chi connectivity index (χ0n) is 9.20. The zero-order valence-corrected chi connectivity index (χ0v) is 9.20. The highest BCUT2D eigenvalue weighted by molar-refractivity contribution is 4.81. The van der Waals surface area contributed by atoms with Crippen molar-refractivity contribution in [2.75, 3.05) is 39.9 Å². The van der Waals surface area contributed by atoms with Crippen molar-refractivity contribution in [3.63, 3.8) is 0 Å². The standard InChI is InChI=1S/C10H22N2O2/c1-3-12(7-10(13)8-14-2)9-4-5-11-6-9/h9-11,13H,3-8H2,1-2H3. The van der Waals surface area contributed by atoms with Gasteiger partial charge in [-0.2, -0.15) is 0 Å². The van der Waals surface area contributed by atoms with Crippen LogP contribution in [0.1, 0.15) is 13.3 Å². The molecule has 1 fully saturated rings. The number of hydrogen-bond acceptors (Lipinski definition) is 4. The number of nitrogens with one attached hydrogen (secondary N) is 1. The number of nitrogens with zero attached hydrogens (tertiary/aromatic N) is 1. The smallest absolute Gasteiger partial charge is 0.0900 e. The maximum Gasteiger partial charge on any atom is 0.0900 e. The quantitative estimate of drug-likeness (QED) is 0.619. The summed E-state index contributed by atoms with van der Waals surface area (Å²) in [5.74, 6) is 0. The van der Waals surface area contributed by atoms with E-state index >= 15 is 0 Å². The van der Waals surface area contributed by atoms with E-state index in [1.807, 2.05) is 0 Å². The van der Waals surface area contributed by atoms with Gasteiger partial charge in [-0.25, -0.2) is 0 Å². The molecule has 2 N–H and O–H groups in total. The minimum Gasteiger partial charge on any atom is -0.389 e. The van der Waals surface area contributed by atoms with Crippen molar-refractivity contribution in [2.45, 2.75) is 25.5 Å². The molecule has 0 aromatic carbocycles.